The van der Waals surface area contributed by atoms with Gasteiger partial charge in [0.05, 0.1) is 7.11 Å². The quantitative estimate of drug-likeness (QED) is 0.384. The standard InChI is InChI=1S/C25H21F2NO3/c1-30-25(29)9-3-16-2-8-24(31-15-19-4-6-20(26)14-22(19)27)21(12-16)17-5-7-23-18(13-17)10-11-28-23/h2,4-8,10-14,28H,3,9,15H2,1H3. The summed E-state index contributed by atoms with van der Waals surface area (Å²) >= 11 is 0. The van der Waals surface area contributed by atoms with E-state index in [0.29, 0.717) is 12.2 Å². The van der Waals surface area contributed by atoms with Crippen molar-refractivity contribution in [2.75, 3.05) is 7.11 Å². The largest absolute Gasteiger partial charge is 0.488 e. The molecule has 0 unspecified atom stereocenters. The number of fused-ring (bicyclic) bond motifs is 1. The molecule has 0 saturated carbocycles. The molecule has 0 aliphatic heterocycles. The fraction of sp³-hybridized carbons (Fsp3) is 0.160. The van der Waals surface area contributed by atoms with Gasteiger partial charge in [0, 0.05) is 35.3 Å². The third kappa shape index (κ3) is 4.74. The molecule has 1 aromatic heterocycles. The number of hydrogen-bond donors (Lipinski definition) is 1. The second-order valence-electron chi connectivity index (χ2n) is 7.21. The van der Waals surface area contributed by atoms with Crippen LogP contribution >= 0.6 is 0 Å². The van der Waals surface area contributed by atoms with Gasteiger partial charge < -0.3 is 14.5 Å². The molecule has 0 spiro atoms. The molecule has 0 atom stereocenters. The van der Waals surface area contributed by atoms with Gasteiger partial charge in [-0.25, -0.2) is 8.78 Å². The van der Waals surface area contributed by atoms with Crippen molar-refractivity contribution in [1.82, 2.24) is 4.98 Å². The lowest BCUT2D eigenvalue weighted by Crippen LogP contribution is -2.03. The first-order valence-corrected chi connectivity index (χ1v) is 9.87. The number of esters is 1. The summed E-state index contributed by atoms with van der Waals surface area (Å²) in [6.07, 6.45) is 2.67. The number of aryl methyl sites for hydroxylation is 1. The molecular formula is C25H21F2NO3. The van der Waals surface area contributed by atoms with E-state index in [4.69, 9.17) is 9.47 Å². The summed E-state index contributed by atoms with van der Waals surface area (Å²) in [5.41, 5.74) is 3.99. The van der Waals surface area contributed by atoms with Crippen LogP contribution in [0.2, 0.25) is 0 Å². The van der Waals surface area contributed by atoms with Gasteiger partial charge in [-0.05, 0) is 65.4 Å². The Hall–Kier alpha value is -3.67. The van der Waals surface area contributed by atoms with Gasteiger partial charge in [0.2, 0.25) is 0 Å². The first-order valence-electron chi connectivity index (χ1n) is 9.87. The second kappa shape index (κ2) is 9.00. The highest BCUT2D eigenvalue weighted by molar-refractivity contribution is 5.86. The molecule has 0 aliphatic rings. The monoisotopic (exact) mass is 421 g/mol. The summed E-state index contributed by atoms with van der Waals surface area (Å²) in [5, 5.41) is 1.05. The maximum atomic E-state index is 14.0. The minimum absolute atomic E-state index is 0.0347. The number of ether oxygens (including phenoxy) is 2. The summed E-state index contributed by atoms with van der Waals surface area (Å²) in [6, 6.07) is 17.0. The van der Waals surface area contributed by atoms with E-state index in [1.165, 1.54) is 19.2 Å². The van der Waals surface area contributed by atoms with Gasteiger partial charge in [0.1, 0.15) is 24.0 Å². The van der Waals surface area contributed by atoms with Crippen molar-refractivity contribution in [2.45, 2.75) is 19.4 Å². The first kappa shape index (κ1) is 20.6. The van der Waals surface area contributed by atoms with Gasteiger partial charge in [0.15, 0.2) is 0 Å². The number of aromatic nitrogens is 1. The fourth-order valence-corrected chi connectivity index (χ4v) is 3.45. The van der Waals surface area contributed by atoms with Crippen LogP contribution in [-0.4, -0.2) is 18.1 Å². The minimum Gasteiger partial charge on any atom is -0.488 e. The van der Waals surface area contributed by atoms with Crippen molar-refractivity contribution in [2.24, 2.45) is 0 Å². The molecule has 3 aromatic carbocycles. The number of hydrogen-bond acceptors (Lipinski definition) is 3. The number of carbonyl (C=O) groups is 1. The highest BCUT2D eigenvalue weighted by Crippen LogP contribution is 2.34. The normalized spacial score (nSPS) is 10.9. The number of rotatable bonds is 7. The molecule has 0 amide bonds. The second-order valence-corrected chi connectivity index (χ2v) is 7.21. The molecule has 0 saturated heterocycles. The zero-order valence-corrected chi connectivity index (χ0v) is 17.0. The third-order valence-electron chi connectivity index (χ3n) is 5.15. The summed E-state index contributed by atoms with van der Waals surface area (Å²) in [4.78, 5) is 14.7. The molecule has 0 aliphatic carbocycles. The first-order chi connectivity index (χ1) is 15.0. The van der Waals surface area contributed by atoms with Gasteiger partial charge in [0.25, 0.3) is 0 Å². The number of aromatic amines is 1. The molecule has 4 nitrogen and oxygen atoms in total. The van der Waals surface area contributed by atoms with E-state index in [2.05, 4.69) is 4.98 Å². The van der Waals surface area contributed by atoms with E-state index in [1.54, 1.807) is 0 Å². The van der Waals surface area contributed by atoms with Crippen LogP contribution in [0.4, 0.5) is 8.78 Å². The molecule has 1 heterocycles. The Kier molecular flexibility index (Phi) is 5.98. The van der Waals surface area contributed by atoms with Crippen LogP contribution in [-0.2, 0) is 22.6 Å². The van der Waals surface area contributed by atoms with Crippen molar-refractivity contribution < 1.29 is 23.0 Å². The summed E-state index contributed by atoms with van der Waals surface area (Å²) in [7, 11) is 1.37. The lowest BCUT2D eigenvalue weighted by molar-refractivity contribution is -0.140. The molecule has 31 heavy (non-hydrogen) atoms. The number of benzene rings is 3. The van der Waals surface area contributed by atoms with Gasteiger partial charge >= 0.3 is 5.97 Å². The molecular weight excluding hydrogens is 400 g/mol. The number of nitrogens with one attached hydrogen (secondary N) is 1. The average molecular weight is 421 g/mol. The number of H-pyrrole nitrogens is 1. The van der Waals surface area contributed by atoms with Crippen molar-refractivity contribution in [3.05, 3.63) is 89.6 Å². The SMILES string of the molecule is COC(=O)CCc1ccc(OCc2ccc(F)cc2F)c(-c2ccc3[nH]ccc3c2)c1. The van der Waals surface area contributed by atoms with Crippen LogP contribution in [0.5, 0.6) is 5.75 Å². The van der Waals surface area contributed by atoms with Crippen LogP contribution in [0.1, 0.15) is 17.5 Å². The fourth-order valence-electron chi connectivity index (χ4n) is 3.45. The van der Waals surface area contributed by atoms with Crippen molar-refractivity contribution in [3.63, 3.8) is 0 Å². The van der Waals surface area contributed by atoms with Crippen molar-refractivity contribution in [1.29, 1.82) is 0 Å². The number of halogens is 2. The third-order valence-corrected chi connectivity index (χ3v) is 5.15. The summed E-state index contributed by atoms with van der Waals surface area (Å²) in [5.74, 6) is -0.982. The minimum atomic E-state index is -0.648. The predicted octanol–water partition coefficient (Wildman–Crippen LogP) is 5.80. The molecule has 0 fully saturated rings. The Morgan fingerprint density at radius 1 is 1.00 bits per heavy atom. The van der Waals surface area contributed by atoms with E-state index in [9.17, 15) is 13.6 Å². The van der Waals surface area contributed by atoms with Crippen molar-refractivity contribution >= 4 is 16.9 Å². The van der Waals surface area contributed by atoms with Crippen LogP contribution in [0.15, 0.2) is 66.9 Å². The molecule has 4 rings (SSSR count). The number of carbonyl (C=O) groups excluding carboxylic acids is 1. The van der Waals surface area contributed by atoms with Crippen LogP contribution in [0, 0.1) is 11.6 Å². The molecule has 158 valence electrons. The van der Waals surface area contributed by atoms with E-state index in [1.807, 2.05) is 48.7 Å². The average Bonchev–Trinajstić information content (AvgIpc) is 3.25. The van der Waals surface area contributed by atoms with Gasteiger partial charge in [-0.1, -0.05) is 12.1 Å². The highest BCUT2D eigenvalue weighted by atomic mass is 19.1. The Bertz CT molecular complexity index is 1230. The van der Waals surface area contributed by atoms with Crippen LogP contribution in [0.3, 0.4) is 0 Å². The van der Waals surface area contributed by atoms with Gasteiger partial charge in [-0.2, -0.15) is 0 Å². The van der Waals surface area contributed by atoms with E-state index in [0.717, 1.165) is 33.7 Å². The smallest absolute Gasteiger partial charge is 0.305 e. The van der Waals surface area contributed by atoms with Gasteiger partial charge in [-0.3, -0.25) is 4.79 Å². The maximum Gasteiger partial charge on any atom is 0.305 e. The molecule has 0 radical (unpaired) electrons. The molecule has 0 bridgehead atoms. The zero-order valence-electron chi connectivity index (χ0n) is 17.0. The van der Waals surface area contributed by atoms with Crippen molar-refractivity contribution in [3.8, 4) is 16.9 Å². The Morgan fingerprint density at radius 2 is 1.87 bits per heavy atom. The topological polar surface area (TPSA) is 51.3 Å². The molecule has 4 aromatic rings. The molecule has 1 N–H and O–H groups in total. The van der Waals surface area contributed by atoms with Gasteiger partial charge in [-0.15, -0.1) is 0 Å². The predicted molar refractivity (Wildman–Crippen MR) is 115 cm³/mol. The zero-order chi connectivity index (χ0) is 21.8. The van der Waals surface area contributed by atoms with Crippen LogP contribution < -0.4 is 4.74 Å². The van der Waals surface area contributed by atoms with E-state index >= 15 is 0 Å². The molecule has 6 heteroatoms. The Morgan fingerprint density at radius 3 is 2.68 bits per heavy atom. The highest BCUT2D eigenvalue weighted by Gasteiger charge is 2.12. The Balaban J connectivity index is 1.66. The Labute approximate surface area is 178 Å². The van der Waals surface area contributed by atoms with E-state index < -0.39 is 11.6 Å². The summed E-state index contributed by atoms with van der Waals surface area (Å²) in [6.45, 7) is -0.0347. The maximum absolute atomic E-state index is 14.0. The lowest BCUT2D eigenvalue weighted by Gasteiger charge is -2.14. The lowest BCUT2D eigenvalue weighted by atomic mass is 9.98. The number of methoxy groups -OCH3 is 1. The van der Waals surface area contributed by atoms with Crippen LogP contribution in [0.25, 0.3) is 22.0 Å². The van der Waals surface area contributed by atoms with E-state index in [-0.39, 0.29) is 24.6 Å². The summed E-state index contributed by atoms with van der Waals surface area (Å²) < 4.78 is 37.9.